The maximum atomic E-state index is 13.0. The van der Waals surface area contributed by atoms with Gasteiger partial charge in [0.1, 0.15) is 6.10 Å². The molecule has 4 aliphatic carbocycles. The number of benzene rings is 1. The van der Waals surface area contributed by atoms with Gasteiger partial charge in [0.25, 0.3) is 0 Å². The largest absolute Gasteiger partial charge is 0.462 e. The summed E-state index contributed by atoms with van der Waals surface area (Å²) >= 11 is 6.97. The van der Waals surface area contributed by atoms with Gasteiger partial charge in [-0.1, -0.05) is 65.5 Å². The topological polar surface area (TPSA) is 52.3 Å². The van der Waals surface area contributed by atoms with Crippen molar-refractivity contribution in [3.8, 4) is 0 Å². The van der Waals surface area contributed by atoms with Crippen LogP contribution in [0.15, 0.2) is 17.7 Å². The number of anilines is 1. The van der Waals surface area contributed by atoms with E-state index in [1.54, 1.807) is 5.57 Å². The standard InChI is InChI=1S/C36H52I3NO2/c1-21(2)7-6-8-22(3)27-12-13-28-25-10-9-23-19-24(15-17-35(23,4)29(25)16-18-36(27,28)5)42-32(41)14-11-26-30(37)20-31(38)34(40)33(26)39/h9,20-22,24-25,27-29H,6-8,10-19,40H2,1-5H3/t22-,24+,25+,27-,28?,29?,35+,36-/m1/s1. The maximum absolute atomic E-state index is 13.0. The van der Waals surface area contributed by atoms with Crippen molar-refractivity contribution in [2.75, 3.05) is 5.73 Å². The first-order chi connectivity index (χ1) is 19.8. The van der Waals surface area contributed by atoms with Crippen LogP contribution in [0, 0.1) is 57.0 Å². The third-order valence-corrected chi connectivity index (χ3v) is 15.5. The summed E-state index contributed by atoms with van der Waals surface area (Å²) < 4.78 is 9.46. The third kappa shape index (κ3) is 6.62. The molecule has 3 saturated carbocycles. The van der Waals surface area contributed by atoms with Gasteiger partial charge in [-0.15, -0.1) is 0 Å². The molecule has 0 amide bonds. The van der Waals surface area contributed by atoms with E-state index in [9.17, 15) is 4.79 Å². The second kappa shape index (κ2) is 13.6. The Labute approximate surface area is 296 Å². The second-order valence-electron chi connectivity index (χ2n) is 15.2. The number of hydrogen-bond acceptors (Lipinski definition) is 3. The number of ether oxygens (including phenoxy) is 1. The van der Waals surface area contributed by atoms with Gasteiger partial charge < -0.3 is 10.5 Å². The average molecular weight is 912 g/mol. The first-order valence-corrected chi connectivity index (χ1v) is 19.9. The quantitative estimate of drug-likeness (QED) is 0.116. The Bertz CT molecular complexity index is 1200. The number of hydrogen-bond donors (Lipinski definition) is 1. The molecule has 3 nitrogen and oxygen atoms in total. The summed E-state index contributed by atoms with van der Waals surface area (Å²) in [6.45, 7) is 12.6. The molecule has 2 unspecified atom stereocenters. The summed E-state index contributed by atoms with van der Waals surface area (Å²) in [6, 6.07) is 2.11. The molecule has 1 aromatic rings. The van der Waals surface area contributed by atoms with Crippen molar-refractivity contribution in [1.82, 2.24) is 0 Å². The summed E-state index contributed by atoms with van der Waals surface area (Å²) in [5.74, 6) is 5.07. The van der Waals surface area contributed by atoms with E-state index in [4.69, 9.17) is 10.5 Å². The molecule has 5 rings (SSSR count). The number of halogens is 3. The van der Waals surface area contributed by atoms with E-state index in [1.165, 1.54) is 66.9 Å². The SMILES string of the molecule is CC(C)CCC[C@@H](C)[C@H]1CCC2[C@@H]3CC=C4C[C@@H](OC(=O)CCc5c(I)cc(I)c(N)c5I)CC[C@]4(C)C3CC[C@@]21C. The highest BCUT2D eigenvalue weighted by atomic mass is 127. The molecule has 8 atom stereocenters. The van der Waals surface area contributed by atoms with E-state index in [1.807, 2.05) is 0 Å². The van der Waals surface area contributed by atoms with Crippen molar-refractivity contribution in [1.29, 1.82) is 0 Å². The molecule has 1 aromatic carbocycles. The van der Waals surface area contributed by atoms with Crippen LogP contribution in [-0.2, 0) is 16.0 Å². The average Bonchev–Trinajstić information content (AvgIpc) is 3.29. The molecule has 42 heavy (non-hydrogen) atoms. The van der Waals surface area contributed by atoms with Crippen LogP contribution in [0.1, 0.15) is 117 Å². The predicted octanol–water partition coefficient (Wildman–Crippen LogP) is 11.0. The van der Waals surface area contributed by atoms with E-state index in [0.717, 1.165) is 61.2 Å². The first kappa shape index (κ1) is 33.8. The number of carbonyl (C=O) groups excluding carboxylic acids is 1. The van der Waals surface area contributed by atoms with Crippen LogP contribution in [0.25, 0.3) is 0 Å². The smallest absolute Gasteiger partial charge is 0.306 e. The molecule has 0 spiro atoms. The van der Waals surface area contributed by atoms with Gasteiger partial charge in [0.15, 0.2) is 0 Å². The minimum atomic E-state index is -0.0606. The van der Waals surface area contributed by atoms with Gasteiger partial charge in [0.05, 0.1) is 5.69 Å². The fourth-order valence-corrected chi connectivity index (χ4v) is 14.0. The Balaban J connectivity index is 1.19. The van der Waals surface area contributed by atoms with E-state index in [0.29, 0.717) is 23.7 Å². The van der Waals surface area contributed by atoms with Crippen LogP contribution in [0.2, 0.25) is 0 Å². The van der Waals surface area contributed by atoms with Gasteiger partial charge in [0.2, 0.25) is 0 Å². The molecule has 0 saturated heterocycles. The van der Waals surface area contributed by atoms with Crippen molar-refractivity contribution in [3.63, 3.8) is 0 Å². The lowest BCUT2D eigenvalue weighted by Gasteiger charge is -2.58. The summed E-state index contributed by atoms with van der Waals surface area (Å²) in [6.07, 6.45) is 18.0. The molecule has 2 N–H and O–H groups in total. The minimum absolute atomic E-state index is 0.0321. The van der Waals surface area contributed by atoms with Crippen LogP contribution in [0.3, 0.4) is 0 Å². The van der Waals surface area contributed by atoms with Crippen LogP contribution < -0.4 is 5.73 Å². The van der Waals surface area contributed by atoms with Gasteiger partial charge in [-0.05, 0) is 177 Å². The number of allylic oxidation sites excluding steroid dienone is 1. The zero-order valence-electron chi connectivity index (χ0n) is 26.4. The van der Waals surface area contributed by atoms with Crippen molar-refractivity contribution in [3.05, 3.63) is 34.0 Å². The molecule has 6 heteroatoms. The first-order valence-electron chi connectivity index (χ1n) is 16.7. The van der Waals surface area contributed by atoms with E-state index >= 15 is 0 Å². The van der Waals surface area contributed by atoms with Crippen LogP contribution in [0.4, 0.5) is 5.69 Å². The molecule has 3 fully saturated rings. The van der Waals surface area contributed by atoms with Crippen molar-refractivity contribution in [2.24, 2.45) is 46.3 Å². The van der Waals surface area contributed by atoms with Gasteiger partial charge in [-0.2, -0.15) is 0 Å². The zero-order chi connectivity index (χ0) is 30.4. The van der Waals surface area contributed by atoms with Crippen LogP contribution >= 0.6 is 67.8 Å². The Kier molecular flexibility index (Phi) is 11.0. The number of nitrogens with two attached hydrogens (primary N) is 1. The molecule has 234 valence electrons. The summed E-state index contributed by atoms with van der Waals surface area (Å²) in [7, 11) is 0. The van der Waals surface area contributed by atoms with E-state index < -0.39 is 0 Å². The number of esters is 1. The molecule has 0 aromatic heterocycles. The summed E-state index contributed by atoms with van der Waals surface area (Å²) in [5.41, 5.74) is 10.7. The van der Waals surface area contributed by atoms with Gasteiger partial charge in [-0.3, -0.25) is 4.79 Å². The third-order valence-electron chi connectivity index (χ3n) is 12.4. The molecule has 4 aliphatic rings. The second-order valence-corrected chi connectivity index (χ2v) is 18.6. The molecular formula is C36H52I3NO2. The number of fused-ring (bicyclic) bond motifs is 5. The molecule has 0 bridgehead atoms. The van der Waals surface area contributed by atoms with Crippen molar-refractivity contribution >= 4 is 79.4 Å². The Morgan fingerprint density at radius 3 is 2.52 bits per heavy atom. The predicted molar refractivity (Wildman–Crippen MR) is 200 cm³/mol. The summed E-state index contributed by atoms with van der Waals surface area (Å²) in [4.78, 5) is 13.0. The number of nitrogen functional groups attached to an aromatic ring is 1. The van der Waals surface area contributed by atoms with Crippen molar-refractivity contribution in [2.45, 2.75) is 124 Å². The molecular weight excluding hydrogens is 859 g/mol. The van der Waals surface area contributed by atoms with Gasteiger partial charge in [0, 0.05) is 23.6 Å². The monoisotopic (exact) mass is 911 g/mol. The fourth-order valence-electron chi connectivity index (χ4n) is 10.1. The van der Waals surface area contributed by atoms with Crippen molar-refractivity contribution < 1.29 is 9.53 Å². The maximum Gasteiger partial charge on any atom is 0.306 e. The number of carbonyl (C=O) groups is 1. The van der Waals surface area contributed by atoms with E-state index in [-0.39, 0.29) is 12.1 Å². The Hall–Kier alpha value is 0.420. The van der Waals surface area contributed by atoms with Gasteiger partial charge >= 0.3 is 5.97 Å². The normalized spacial score (nSPS) is 34.8. The lowest BCUT2D eigenvalue weighted by molar-refractivity contribution is -0.151. The fraction of sp³-hybridized carbons (Fsp3) is 0.750. The lowest BCUT2D eigenvalue weighted by atomic mass is 9.47. The highest BCUT2D eigenvalue weighted by molar-refractivity contribution is 14.1. The molecule has 0 radical (unpaired) electrons. The van der Waals surface area contributed by atoms with Crippen LogP contribution in [0.5, 0.6) is 0 Å². The number of rotatable bonds is 9. The highest BCUT2D eigenvalue weighted by Gasteiger charge is 2.59. The molecule has 0 heterocycles. The summed E-state index contributed by atoms with van der Waals surface area (Å²) in [5, 5.41) is 0. The Morgan fingerprint density at radius 2 is 1.79 bits per heavy atom. The van der Waals surface area contributed by atoms with Crippen LogP contribution in [-0.4, -0.2) is 12.1 Å². The zero-order valence-corrected chi connectivity index (χ0v) is 32.9. The molecule has 0 aliphatic heterocycles. The minimum Gasteiger partial charge on any atom is -0.462 e. The van der Waals surface area contributed by atoms with Gasteiger partial charge in [-0.25, -0.2) is 0 Å². The lowest BCUT2D eigenvalue weighted by Crippen LogP contribution is -2.51. The van der Waals surface area contributed by atoms with E-state index in [2.05, 4.69) is 115 Å². The highest BCUT2D eigenvalue weighted by Crippen LogP contribution is 2.67. The Morgan fingerprint density at radius 1 is 1.02 bits per heavy atom.